The summed E-state index contributed by atoms with van der Waals surface area (Å²) in [6.07, 6.45) is 0. The first-order valence-corrected chi connectivity index (χ1v) is 9.30. The van der Waals surface area contributed by atoms with Gasteiger partial charge in [0.1, 0.15) is 0 Å². The minimum Gasteiger partial charge on any atom is -0.326 e. The van der Waals surface area contributed by atoms with E-state index in [0.717, 1.165) is 0 Å². The van der Waals surface area contributed by atoms with Crippen LogP contribution in [0.25, 0.3) is 42.1 Å². The van der Waals surface area contributed by atoms with E-state index in [-0.39, 0.29) is 0 Å². The molecule has 0 aliphatic heterocycles. The van der Waals surface area contributed by atoms with Crippen LogP contribution in [0.1, 0.15) is 5.56 Å². The van der Waals surface area contributed by atoms with Crippen LogP contribution in [-0.4, -0.2) is 0 Å². The van der Waals surface area contributed by atoms with Crippen molar-refractivity contribution in [3.8, 4) is 11.1 Å². The van der Waals surface area contributed by atoms with Gasteiger partial charge in [-0.05, 0) is 34.2 Å². The monoisotopic (exact) mass is 339 g/mol. The van der Waals surface area contributed by atoms with Crippen molar-refractivity contribution >= 4 is 42.3 Å². The van der Waals surface area contributed by atoms with E-state index in [1.807, 2.05) is 11.3 Å². The van der Waals surface area contributed by atoms with Crippen LogP contribution in [0, 0.1) is 0 Å². The molecule has 120 valence electrons. The third kappa shape index (κ3) is 2.19. The highest BCUT2D eigenvalue weighted by molar-refractivity contribution is 7.26. The zero-order valence-electron chi connectivity index (χ0n) is 13.7. The summed E-state index contributed by atoms with van der Waals surface area (Å²) in [4.78, 5) is 0. The molecule has 2 N–H and O–H groups in total. The number of hydrogen-bond acceptors (Lipinski definition) is 2. The zero-order valence-corrected chi connectivity index (χ0v) is 14.5. The molecule has 1 heterocycles. The highest BCUT2D eigenvalue weighted by atomic mass is 32.1. The Hall–Kier alpha value is -2.68. The van der Waals surface area contributed by atoms with Gasteiger partial charge in [0, 0.05) is 32.1 Å². The molecular weight excluding hydrogens is 322 g/mol. The summed E-state index contributed by atoms with van der Waals surface area (Å²) in [5.74, 6) is 0. The summed E-state index contributed by atoms with van der Waals surface area (Å²) >= 11 is 1.88. The maximum atomic E-state index is 6.02. The normalized spacial score (nSPS) is 11.6. The van der Waals surface area contributed by atoms with Crippen LogP contribution >= 0.6 is 11.3 Å². The van der Waals surface area contributed by atoms with E-state index in [1.54, 1.807) is 0 Å². The predicted octanol–water partition coefficient (Wildman–Crippen LogP) is 6.33. The summed E-state index contributed by atoms with van der Waals surface area (Å²) in [5.41, 5.74) is 9.71. The number of rotatable bonds is 2. The zero-order chi connectivity index (χ0) is 16.8. The van der Waals surface area contributed by atoms with Gasteiger partial charge in [-0.2, -0.15) is 0 Å². The Morgan fingerprint density at radius 1 is 0.640 bits per heavy atom. The van der Waals surface area contributed by atoms with E-state index < -0.39 is 0 Å². The summed E-state index contributed by atoms with van der Waals surface area (Å²) < 4.78 is 2.71. The summed E-state index contributed by atoms with van der Waals surface area (Å²) in [6, 6.07) is 28.2. The van der Waals surface area contributed by atoms with Gasteiger partial charge in [0.05, 0.1) is 0 Å². The van der Waals surface area contributed by atoms with Crippen LogP contribution in [-0.2, 0) is 6.54 Å². The molecule has 1 aromatic heterocycles. The van der Waals surface area contributed by atoms with Gasteiger partial charge in [-0.3, -0.25) is 0 Å². The molecule has 4 aromatic carbocycles. The second-order valence-corrected chi connectivity index (χ2v) is 7.36. The lowest BCUT2D eigenvalue weighted by Gasteiger charge is -2.12. The van der Waals surface area contributed by atoms with Gasteiger partial charge in [0.15, 0.2) is 0 Å². The average molecular weight is 339 g/mol. The van der Waals surface area contributed by atoms with Crippen molar-refractivity contribution in [1.82, 2.24) is 0 Å². The van der Waals surface area contributed by atoms with E-state index in [4.69, 9.17) is 5.73 Å². The molecule has 1 nitrogen and oxygen atoms in total. The topological polar surface area (TPSA) is 26.0 Å². The first-order chi connectivity index (χ1) is 12.4. The molecule has 0 aliphatic rings. The molecule has 0 saturated heterocycles. The van der Waals surface area contributed by atoms with Crippen LogP contribution < -0.4 is 5.73 Å². The Bertz CT molecular complexity index is 1230. The number of benzene rings is 4. The van der Waals surface area contributed by atoms with E-state index in [9.17, 15) is 0 Å². The summed E-state index contributed by atoms with van der Waals surface area (Å²) in [6.45, 7) is 0.549. The Morgan fingerprint density at radius 3 is 2.16 bits per heavy atom. The van der Waals surface area contributed by atoms with Gasteiger partial charge in [-0.25, -0.2) is 0 Å². The molecule has 0 saturated carbocycles. The second-order valence-electron chi connectivity index (χ2n) is 6.31. The minimum atomic E-state index is 0.549. The number of nitrogens with two attached hydrogens (primary N) is 1. The summed E-state index contributed by atoms with van der Waals surface area (Å²) in [5, 5.41) is 5.28. The maximum Gasteiger partial charge on any atom is 0.0434 e. The summed E-state index contributed by atoms with van der Waals surface area (Å²) in [7, 11) is 0. The number of hydrogen-bond donors (Lipinski definition) is 1. The van der Waals surface area contributed by atoms with Crippen LogP contribution in [0.4, 0.5) is 0 Å². The molecule has 0 bridgehead atoms. The molecule has 0 amide bonds. The maximum absolute atomic E-state index is 6.02. The van der Waals surface area contributed by atoms with E-state index in [2.05, 4.69) is 78.9 Å². The highest BCUT2D eigenvalue weighted by Crippen LogP contribution is 2.42. The molecule has 5 aromatic rings. The highest BCUT2D eigenvalue weighted by Gasteiger charge is 2.14. The fourth-order valence-electron chi connectivity index (χ4n) is 3.73. The lowest BCUT2D eigenvalue weighted by Crippen LogP contribution is -1.98. The third-order valence-corrected chi connectivity index (χ3v) is 6.13. The van der Waals surface area contributed by atoms with Crippen molar-refractivity contribution in [2.75, 3.05) is 0 Å². The molecule has 0 fully saturated rings. The Labute approximate surface area is 150 Å². The van der Waals surface area contributed by atoms with Gasteiger partial charge in [-0.1, -0.05) is 66.7 Å². The van der Waals surface area contributed by atoms with Gasteiger partial charge in [0.25, 0.3) is 0 Å². The molecule has 0 unspecified atom stereocenters. The van der Waals surface area contributed by atoms with E-state index in [1.165, 1.54) is 47.6 Å². The third-order valence-electron chi connectivity index (χ3n) is 4.91. The van der Waals surface area contributed by atoms with E-state index in [0.29, 0.717) is 6.54 Å². The second kappa shape index (κ2) is 5.69. The molecule has 0 atom stereocenters. The molecule has 2 heteroatoms. The van der Waals surface area contributed by atoms with Crippen molar-refractivity contribution in [1.29, 1.82) is 0 Å². The van der Waals surface area contributed by atoms with Crippen molar-refractivity contribution in [2.45, 2.75) is 6.54 Å². The minimum absolute atomic E-state index is 0.549. The van der Waals surface area contributed by atoms with Crippen LogP contribution in [0.3, 0.4) is 0 Å². The first-order valence-electron chi connectivity index (χ1n) is 8.48. The number of fused-ring (bicyclic) bond motifs is 5. The van der Waals surface area contributed by atoms with Gasteiger partial charge >= 0.3 is 0 Å². The van der Waals surface area contributed by atoms with Gasteiger partial charge < -0.3 is 5.73 Å². The van der Waals surface area contributed by atoms with Crippen LogP contribution in [0.5, 0.6) is 0 Å². The Morgan fingerprint density at radius 2 is 1.32 bits per heavy atom. The van der Waals surface area contributed by atoms with Crippen molar-refractivity contribution in [3.05, 3.63) is 84.4 Å². The molecule has 0 aliphatic carbocycles. The van der Waals surface area contributed by atoms with Gasteiger partial charge in [-0.15, -0.1) is 11.3 Å². The molecule has 5 rings (SSSR count). The lowest BCUT2D eigenvalue weighted by molar-refractivity contribution is 1.07. The van der Waals surface area contributed by atoms with E-state index >= 15 is 0 Å². The van der Waals surface area contributed by atoms with Crippen molar-refractivity contribution in [2.24, 2.45) is 5.73 Å². The molecule has 25 heavy (non-hydrogen) atoms. The Balaban J connectivity index is 1.99. The SMILES string of the molecule is NCc1ccccc1-c1cc2c3ccccc3sc2c2ccccc12. The average Bonchev–Trinajstić information content (AvgIpc) is 3.06. The van der Waals surface area contributed by atoms with Crippen LogP contribution in [0.15, 0.2) is 78.9 Å². The number of thiophene rings is 1. The smallest absolute Gasteiger partial charge is 0.0434 e. The predicted molar refractivity (Wildman–Crippen MR) is 110 cm³/mol. The molecule has 0 radical (unpaired) electrons. The van der Waals surface area contributed by atoms with Crippen molar-refractivity contribution < 1.29 is 0 Å². The van der Waals surface area contributed by atoms with Crippen molar-refractivity contribution in [3.63, 3.8) is 0 Å². The first kappa shape index (κ1) is 14.6. The Kier molecular flexibility index (Phi) is 3.34. The lowest BCUT2D eigenvalue weighted by atomic mass is 9.93. The van der Waals surface area contributed by atoms with Gasteiger partial charge in [0.2, 0.25) is 0 Å². The fourth-order valence-corrected chi connectivity index (χ4v) is 4.95. The standard InChI is InChI=1S/C23H17NS/c24-14-15-7-1-2-8-16(15)20-13-21-18-10-5-6-12-22(18)25-23(21)19-11-4-3-9-17(19)20/h1-13H,14,24H2. The molecule has 0 spiro atoms. The quantitative estimate of drug-likeness (QED) is 0.399. The van der Waals surface area contributed by atoms with Crippen LogP contribution in [0.2, 0.25) is 0 Å². The fraction of sp³-hybridized carbons (Fsp3) is 0.0435. The largest absolute Gasteiger partial charge is 0.326 e. The molecular formula is C23H17NS.